The number of amides is 1. The van der Waals surface area contributed by atoms with Crippen LogP contribution >= 0.6 is 36.2 Å². The van der Waals surface area contributed by atoms with Gasteiger partial charge >= 0.3 is 0 Å². The van der Waals surface area contributed by atoms with Crippen LogP contribution in [0.4, 0.5) is 0 Å². The molecule has 3 N–H and O–H groups in total. The molecule has 1 aromatic heterocycles. The lowest BCUT2D eigenvalue weighted by Crippen LogP contribution is -2.37. The molecule has 1 atom stereocenters. The third kappa shape index (κ3) is 5.63. The number of rotatable bonds is 6. The Morgan fingerprint density at radius 2 is 1.96 bits per heavy atom. The fourth-order valence-electron chi connectivity index (χ4n) is 1.94. The van der Waals surface area contributed by atoms with Crippen molar-refractivity contribution in [3.05, 3.63) is 34.8 Å². The Kier molecular flexibility index (Phi) is 9.92. The van der Waals surface area contributed by atoms with Crippen LogP contribution in [0.25, 0.3) is 10.6 Å². The first kappa shape index (κ1) is 22.7. The molecule has 1 aromatic carbocycles. The summed E-state index contributed by atoms with van der Waals surface area (Å²) in [6, 6.07) is 7.67. The summed E-state index contributed by atoms with van der Waals surface area (Å²) >= 11 is 1.39. The highest BCUT2D eigenvalue weighted by molar-refractivity contribution is 7.17. The van der Waals surface area contributed by atoms with E-state index in [-0.39, 0.29) is 36.8 Å². The van der Waals surface area contributed by atoms with E-state index in [2.05, 4.69) is 10.3 Å². The first-order valence-electron chi connectivity index (χ1n) is 7.26. The predicted octanol–water partition coefficient (Wildman–Crippen LogP) is 3.44. The second-order valence-electron chi connectivity index (χ2n) is 5.00. The molecule has 0 aliphatic rings. The van der Waals surface area contributed by atoms with Crippen LogP contribution in [0.2, 0.25) is 0 Å². The third-order valence-corrected chi connectivity index (χ3v) is 4.35. The number of aromatic nitrogens is 1. The average Bonchev–Trinajstić information content (AvgIpc) is 2.90. The number of carbonyl (C=O) groups excluding carboxylic acids is 1. The molecule has 0 saturated heterocycles. The van der Waals surface area contributed by atoms with Gasteiger partial charge in [-0.2, -0.15) is 0 Å². The fourth-order valence-corrected chi connectivity index (χ4v) is 2.91. The fraction of sp³-hybridized carbons (Fsp3) is 0.375. The van der Waals surface area contributed by atoms with E-state index >= 15 is 0 Å². The largest absolute Gasteiger partial charge is 0.494 e. The Labute approximate surface area is 158 Å². The number of aryl methyl sites for hydroxylation is 1. The summed E-state index contributed by atoms with van der Waals surface area (Å²) in [4.78, 5) is 17.3. The zero-order valence-corrected chi connectivity index (χ0v) is 16.3. The summed E-state index contributed by atoms with van der Waals surface area (Å²) in [5.74, 6) is 0.708. The van der Waals surface area contributed by atoms with Gasteiger partial charge in [0.25, 0.3) is 5.91 Å². The number of halogens is 2. The van der Waals surface area contributed by atoms with Gasteiger partial charge in [0.2, 0.25) is 0 Å². The number of carbonyl (C=O) groups is 1. The number of hydrogen-bond donors (Lipinski definition) is 2. The van der Waals surface area contributed by atoms with Crippen molar-refractivity contribution in [2.45, 2.75) is 26.8 Å². The highest BCUT2D eigenvalue weighted by atomic mass is 35.5. The van der Waals surface area contributed by atoms with Gasteiger partial charge < -0.3 is 15.8 Å². The Morgan fingerprint density at radius 3 is 2.50 bits per heavy atom. The molecule has 2 aromatic rings. The number of nitrogens with one attached hydrogen (secondary N) is 1. The zero-order chi connectivity index (χ0) is 16.1. The molecule has 1 amide bonds. The molecule has 0 saturated carbocycles. The maximum atomic E-state index is 12.2. The van der Waals surface area contributed by atoms with Crippen LogP contribution in [0, 0.1) is 6.92 Å². The van der Waals surface area contributed by atoms with E-state index in [1.165, 1.54) is 11.3 Å². The van der Waals surface area contributed by atoms with Crippen molar-refractivity contribution in [3.8, 4) is 16.3 Å². The van der Waals surface area contributed by atoms with E-state index in [4.69, 9.17) is 10.5 Å². The molecule has 0 bridgehead atoms. The van der Waals surface area contributed by atoms with Crippen LogP contribution in [-0.4, -0.2) is 30.1 Å². The molecule has 0 radical (unpaired) electrons. The summed E-state index contributed by atoms with van der Waals surface area (Å²) < 4.78 is 5.43. The third-order valence-electron chi connectivity index (χ3n) is 3.15. The molecule has 0 aliphatic heterocycles. The van der Waals surface area contributed by atoms with E-state index in [9.17, 15) is 4.79 Å². The normalized spacial score (nSPS) is 11.0. The minimum absolute atomic E-state index is 0. The van der Waals surface area contributed by atoms with Gasteiger partial charge in [-0.25, -0.2) is 4.98 Å². The van der Waals surface area contributed by atoms with Crippen molar-refractivity contribution in [2.24, 2.45) is 5.73 Å². The maximum absolute atomic E-state index is 12.2. The topological polar surface area (TPSA) is 77.2 Å². The first-order chi connectivity index (χ1) is 10.5. The highest BCUT2D eigenvalue weighted by Gasteiger charge is 2.17. The van der Waals surface area contributed by atoms with Crippen molar-refractivity contribution >= 4 is 42.1 Å². The highest BCUT2D eigenvalue weighted by Crippen LogP contribution is 2.29. The Morgan fingerprint density at radius 1 is 1.33 bits per heavy atom. The second-order valence-corrected chi connectivity index (χ2v) is 6.00. The summed E-state index contributed by atoms with van der Waals surface area (Å²) in [7, 11) is 0. The molecule has 1 heterocycles. The lowest BCUT2D eigenvalue weighted by molar-refractivity contribution is 0.0944. The molecule has 134 valence electrons. The molecular weight excluding hydrogens is 369 g/mol. The van der Waals surface area contributed by atoms with Crippen LogP contribution in [0.3, 0.4) is 0 Å². The number of thiazole rings is 1. The summed E-state index contributed by atoms with van der Waals surface area (Å²) in [6.07, 6.45) is 0. The van der Waals surface area contributed by atoms with Crippen molar-refractivity contribution in [2.75, 3.05) is 13.2 Å². The van der Waals surface area contributed by atoms with Crippen LogP contribution < -0.4 is 15.8 Å². The lowest BCUT2D eigenvalue weighted by Gasteiger charge is -2.09. The van der Waals surface area contributed by atoms with E-state index in [0.717, 1.165) is 22.0 Å². The molecule has 0 spiro atoms. The summed E-state index contributed by atoms with van der Waals surface area (Å²) in [5.41, 5.74) is 7.24. The molecule has 2 rings (SSSR count). The Bertz CT molecular complexity index is 647. The van der Waals surface area contributed by atoms with Crippen molar-refractivity contribution in [1.82, 2.24) is 10.3 Å². The van der Waals surface area contributed by atoms with Crippen molar-refractivity contribution in [3.63, 3.8) is 0 Å². The monoisotopic (exact) mass is 391 g/mol. The second kappa shape index (κ2) is 10.5. The van der Waals surface area contributed by atoms with Gasteiger partial charge in [-0.3, -0.25) is 4.79 Å². The summed E-state index contributed by atoms with van der Waals surface area (Å²) in [5, 5.41) is 3.69. The quantitative estimate of drug-likeness (QED) is 0.790. The SMILES string of the molecule is CCOc1ccc(-c2nc(C)c(C(=O)N[C@@H](C)CN)s2)cc1.Cl.Cl. The lowest BCUT2D eigenvalue weighted by atomic mass is 10.2. The number of hydrogen-bond acceptors (Lipinski definition) is 5. The van der Waals surface area contributed by atoms with Gasteiger partial charge in [-0.1, -0.05) is 0 Å². The molecule has 5 nitrogen and oxygen atoms in total. The molecule has 0 aliphatic carbocycles. The minimum atomic E-state index is -0.120. The van der Waals surface area contributed by atoms with Gasteiger partial charge in [0.15, 0.2) is 0 Å². The van der Waals surface area contributed by atoms with Gasteiger partial charge in [-0.15, -0.1) is 36.2 Å². The number of benzene rings is 1. The smallest absolute Gasteiger partial charge is 0.263 e. The van der Waals surface area contributed by atoms with Crippen molar-refractivity contribution in [1.29, 1.82) is 0 Å². The minimum Gasteiger partial charge on any atom is -0.494 e. The van der Waals surface area contributed by atoms with E-state index in [1.807, 2.05) is 45.0 Å². The van der Waals surface area contributed by atoms with E-state index < -0.39 is 0 Å². The van der Waals surface area contributed by atoms with Gasteiger partial charge in [0, 0.05) is 18.2 Å². The molecule has 8 heteroatoms. The van der Waals surface area contributed by atoms with E-state index in [1.54, 1.807) is 0 Å². The average molecular weight is 392 g/mol. The van der Waals surface area contributed by atoms with Crippen LogP contribution in [0.1, 0.15) is 29.2 Å². The number of ether oxygens (including phenoxy) is 1. The van der Waals surface area contributed by atoms with Gasteiger partial charge in [0.05, 0.1) is 12.3 Å². The van der Waals surface area contributed by atoms with E-state index in [0.29, 0.717) is 18.0 Å². The molecular formula is C16H23Cl2N3O2S. The molecule has 0 fully saturated rings. The standard InChI is InChI=1S/C16H21N3O2S.2ClH/c1-4-21-13-7-5-12(6-8-13)16-19-11(3)14(22-16)15(20)18-10(2)9-17;;/h5-8,10H,4,9,17H2,1-3H3,(H,18,20);2*1H/t10-;;/m0../s1. The number of nitrogens with two attached hydrogens (primary N) is 1. The van der Waals surface area contributed by atoms with Crippen LogP contribution in [0.5, 0.6) is 5.75 Å². The van der Waals surface area contributed by atoms with Gasteiger partial charge in [-0.05, 0) is 45.0 Å². The molecule has 24 heavy (non-hydrogen) atoms. The zero-order valence-electron chi connectivity index (χ0n) is 13.9. The van der Waals surface area contributed by atoms with Crippen LogP contribution in [0.15, 0.2) is 24.3 Å². The Hall–Kier alpha value is -1.34. The summed E-state index contributed by atoms with van der Waals surface area (Å²) in [6.45, 7) is 6.72. The molecule has 0 unspecified atom stereocenters. The predicted molar refractivity (Wildman–Crippen MR) is 104 cm³/mol. The first-order valence-corrected chi connectivity index (χ1v) is 8.08. The van der Waals surface area contributed by atoms with Crippen LogP contribution in [-0.2, 0) is 0 Å². The maximum Gasteiger partial charge on any atom is 0.263 e. The number of nitrogens with zero attached hydrogens (tertiary/aromatic N) is 1. The Balaban J connectivity index is 0.00000264. The van der Waals surface area contributed by atoms with Crippen molar-refractivity contribution < 1.29 is 9.53 Å². The van der Waals surface area contributed by atoms with Gasteiger partial charge in [0.1, 0.15) is 15.6 Å².